The van der Waals surface area contributed by atoms with Crippen molar-refractivity contribution in [3.63, 3.8) is 0 Å². The fourth-order valence-corrected chi connectivity index (χ4v) is 4.37. The van der Waals surface area contributed by atoms with Crippen molar-refractivity contribution in [1.82, 2.24) is 20.2 Å². The summed E-state index contributed by atoms with van der Waals surface area (Å²) in [6.07, 6.45) is 0. The molecule has 2 N–H and O–H groups in total. The van der Waals surface area contributed by atoms with Gasteiger partial charge in [-0.05, 0) is 18.4 Å². The molecule has 2 aromatic rings. The number of carbonyl (C=O) groups is 1. The number of ether oxygens (including phenoxy) is 1. The molecular formula is C17H24N4O3S. The number of nitrogens with one attached hydrogen (secondary N) is 2. The summed E-state index contributed by atoms with van der Waals surface area (Å²) in [5, 5.41) is 3.83. The molecule has 7 nitrogen and oxygen atoms in total. The summed E-state index contributed by atoms with van der Waals surface area (Å²) in [6, 6.07) is 0. The van der Waals surface area contributed by atoms with Crippen LogP contribution in [0.3, 0.4) is 0 Å². The van der Waals surface area contributed by atoms with Crippen molar-refractivity contribution >= 4 is 27.5 Å². The van der Waals surface area contributed by atoms with Gasteiger partial charge in [-0.15, -0.1) is 11.3 Å². The average molecular weight is 364 g/mol. The maximum atomic E-state index is 12.7. The highest BCUT2D eigenvalue weighted by molar-refractivity contribution is 7.20. The molecule has 1 aliphatic rings. The number of aromatic nitrogens is 2. The zero-order chi connectivity index (χ0) is 18.0. The van der Waals surface area contributed by atoms with Crippen molar-refractivity contribution in [2.24, 2.45) is 0 Å². The Morgan fingerprint density at radius 3 is 2.72 bits per heavy atom. The molecule has 0 bridgehead atoms. The highest BCUT2D eigenvalue weighted by atomic mass is 32.1. The van der Waals surface area contributed by atoms with Gasteiger partial charge in [0.1, 0.15) is 15.5 Å². The first-order valence-corrected chi connectivity index (χ1v) is 9.48. The van der Waals surface area contributed by atoms with Crippen LogP contribution in [-0.2, 0) is 11.3 Å². The molecule has 0 aromatic carbocycles. The highest BCUT2D eigenvalue weighted by Crippen LogP contribution is 2.33. The van der Waals surface area contributed by atoms with Gasteiger partial charge < -0.3 is 15.0 Å². The molecule has 0 saturated carbocycles. The van der Waals surface area contributed by atoms with E-state index in [1.165, 1.54) is 11.3 Å². The summed E-state index contributed by atoms with van der Waals surface area (Å²) in [6.45, 7) is 10.4. The minimum absolute atomic E-state index is 0.0371. The largest absolute Gasteiger partial charge is 0.462 e. The van der Waals surface area contributed by atoms with Crippen LogP contribution in [0.2, 0.25) is 0 Å². The van der Waals surface area contributed by atoms with Gasteiger partial charge in [-0.25, -0.2) is 9.78 Å². The number of H-pyrrole nitrogens is 1. The molecule has 0 atom stereocenters. The maximum absolute atomic E-state index is 12.7. The first-order chi connectivity index (χ1) is 12.0. The van der Waals surface area contributed by atoms with E-state index in [9.17, 15) is 9.59 Å². The zero-order valence-corrected chi connectivity index (χ0v) is 15.7. The molecule has 3 heterocycles. The van der Waals surface area contributed by atoms with E-state index in [2.05, 4.69) is 20.2 Å². The number of aromatic amines is 1. The van der Waals surface area contributed by atoms with Crippen LogP contribution in [0.5, 0.6) is 0 Å². The van der Waals surface area contributed by atoms with E-state index in [-0.39, 0.29) is 17.4 Å². The fourth-order valence-electron chi connectivity index (χ4n) is 3.13. The van der Waals surface area contributed by atoms with Crippen LogP contribution in [0, 0.1) is 0 Å². The van der Waals surface area contributed by atoms with E-state index in [0.29, 0.717) is 34.1 Å². The summed E-state index contributed by atoms with van der Waals surface area (Å²) in [5.41, 5.74) is 0.562. The Morgan fingerprint density at radius 2 is 2.08 bits per heavy atom. The van der Waals surface area contributed by atoms with Crippen molar-refractivity contribution in [3.8, 4) is 0 Å². The number of nitrogens with zero attached hydrogens (tertiary/aromatic N) is 2. The second-order valence-corrected chi connectivity index (χ2v) is 7.44. The molecule has 1 saturated heterocycles. The van der Waals surface area contributed by atoms with Crippen molar-refractivity contribution in [1.29, 1.82) is 0 Å². The van der Waals surface area contributed by atoms with Crippen LogP contribution in [0.4, 0.5) is 0 Å². The maximum Gasteiger partial charge on any atom is 0.348 e. The molecule has 0 radical (unpaired) electrons. The molecule has 0 aliphatic carbocycles. The first kappa shape index (κ1) is 18.0. The lowest BCUT2D eigenvalue weighted by atomic mass is 10.0. The van der Waals surface area contributed by atoms with Crippen LogP contribution in [-0.4, -0.2) is 53.6 Å². The number of piperazine rings is 1. The van der Waals surface area contributed by atoms with E-state index >= 15 is 0 Å². The molecular weight excluding hydrogens is 340 g/mol. The second kappa shape index (κ2) is 7.63. The van der Waals surface area contributed by atoms with E-state index < -0.39 is 0 Å². The molecule has 3 rings (SSSR count). The fraction of sp³-hybridized carbons (Fsp3) is 0.588. The van der Waals surface area contributed by atoms with Crippen molar-refractivity contribution < 1.29 is 9.53 Å². The Hall–Kier alpha value is -1.77. The summed E-state index contributed by atoms with van der Waals surface area (Å²) in [7, 11) is 0. The molecule has 2 aromatic heterocycles. The molecule has 136 valence electrons. The normalized spacial score (nSPS) is 15.8. The van der Waals surface area contributed by atoms with E-state index in [0.717, 1.165) is 31.7 Å². The topological polar surface area (TPSA) is 87.3 Å². The van der Waals surface area contributed by atoms with Crippen LogP contribution < -0.4 is 10.9 Å². The highest BCUT2D eigenvalue weighted by Gasteiger charge is 2.25. The number of fused-ring (bicyclic) bond motifs is 1. The van der Waals surface area contributed by atoms with Gasteiger partial charge in [0, 0.05) is 26.2 Å². The van der Waals surface area contributed by atoms with Gasteiger partial charge in [0.2, 0.25) is 0 Å². The molecule has 0 amide bonds. The lowest BCUT2D eigenvalue weighted by molar-refractivity contribution is 0.0530. The zero-order valence-electron chi connectivity index (χ0n) is 14.8. The lowest BCUT2D eigenvalue weighted by Crippen LogP contribution is -2.43. The average Bonchev–Trinajstić information content (AvgIpc) is 2.96. The number of rotatable bonds is 5. The Morgan fingerprint density at radius 1 is 1.36 bits per heavy atom. The van der Waals surface area contributed by atoms with Crippen LogP contribution >= 0.6 is 11.3 Å². The van der Waals surface area contributed by atoms with Crippen LogP contribution in [0.15, 0.2) is 4.79 Å². The summed E-state index contributed by atoms with van der Waals surface area (Å²) in [5.74, 6) is 0.304. The van der Waals surface area contributed by atoms with Crippen molar-refractivity contribution in [3.05, 3.63) is 26.6 Å². The molecule has 25 heavy (non-hydrogen) atoms. The number of carbonyl (C=O) groups excluding carboxylic acids is 1. The van der Waals surface area contributed by atoms with Gasteiger partial charge in [-0.3, -0.25) is 9.69 Å². The monoisotopic (exact) mass is 364 g/mol. The molecule has 1 fully saturated rings. The Labute approximate surface area is 150 Å². The Bertz CT molecular complexity index is 821. The van der Waals surface area contributed by atoms with E-state index in [4.69, 9.17) is 4.74 Å². The quantitative estimate of drug-likeness (QED) is 0.785. The second-order valence-electron chi connectivity index (χ2n) is 6.44. The van der Waals surface area contributed by atoms with Gasteiger partial charge in [0.15, 0.2) is 0 Å². The third-order valence-electron chi connectivity index (χ3n) is 4.27. The Kier molecular flexibility index (Phi) is 5.51. The SMILES string of the molecule is CCOC(=O)c1sc2nc(CN3CCNCC3)[nH]c(=O)c2c1C(C)C. The lowest BCUT2D eigenvalue weighted by Gasteiger charge is -2.26. The van der Waals surface area contributed by atoms with Crippen molar-refractivity contribution in [2.45, 2.75) is 33.2 Å². The summed E-state index contributed by atoms with van der Waals surface area (Å²) >= 11 is 1.25. The predicted molar refractivity (Wildman–Crippen MR) is 98.4 cm³/mol. The standard InChI is InChI=1S/C17H24N4O3S/c1-4-24-17(23)14-12(10(2)3)13-15(22)19-11(20-16(13)25-14)9-21-7-5-18-6-8-21/h10,18H,4-9H2,1-3H3,(H,19,20,22). The van der Waals surface area contributed by atoms with Crippen LogP contribution in [0.25, 0.3) is 10.2 Å². The van der Waals surface area contributed by atoms with Gasteiger partial charge in [-0.2, -0.15) is 0 Å². The number of thiophene rings is 1. The third-order valence-corrected chi connectivity index (χ3v) is 5.35. The van der Waals surface area contributed by atoms with Gasteiger partial charge in [-0.1, -0.05) is 13.8 Å². The van der Waals surface area contributed by atoms with Crippen LogP contribution in [0.1, 0.15) is 47.7 Å². The Balaban J connectivity index is 2.02. The first-order valence-electron chi connectivity index (χ1n) is 8.67. The van der Waals surface area contributed by atoms with Gasteiger partial charge in [0.05, 0.1) is 18.5 Å². The summed E-state index contributed by atoms with van der Waals surface area (Å²) in [4.78, 5) is 35.9. The van der Waals surface area contributed by atoms with E-state index in [1.54, 1.807) is 6.92 Å². The minimum atomic E-state index is -0.378. The van der Waals surface area contributed by atoms with E-state index in [1.807, 2.05) is 13.8 Å². The van der Waals surface area contributed by atoms with Gasteiger partial charge >= 0.3 is 5.97 Å². The number of hydrogen-bond donors (Lipinski definition) is 2. The van der Waals surface area contributed by atoms with Gasteiger partial charge in [0.25, 0.3) is 5.56 Å². The summed E-state index contributed by atoms with van der Waals surface area (Å²) < 4.78 is 5.16. The number of esters is 1. The molecule has 1 aliphatic heterocycles. The van der Waals surface area contributed by atoms with Crippen molar-refractivity contribution in [2.75, 3.05) is 32.8 Å². The molecule has 8 heteroatoms. The smallest absolute Gasteiger partial charge is 0.348 e. The molecule has 0 spiro atoms. The molecule has 0 unspecified atom stereocenters. The number of hydrogen-bond acceptors (Lipinski definition) is 7. The third kappa shape index (κ3) is 3.75. The predicted octanol–water partition coefficient (Wildman–Crippen LogP) is 1.69. The minimum Gasteiger partial charge on any atom is -0.462 e.